The van der Waals surface area contributed by atoms with Gasteiger partial charge in [-0.25, -0.2) is 0 Å². The minimum atomic E-state index is -0.326. The van der Waals surface area contributed by atoms with Crippen LogP contribution in [0.2, 0.25) is 5.02 Å². The van der Waals surface area contributed by atoms with E-state index in [9.17, 15) is 0 Å². The van der Waals surface area contributed by atoms with Gasteiger partial charge in [-0.2, -0.15) is 0 Å². The molecule has 2 rings (SSSR count). The molecule has 0 spiro atoms. The van der Waals surface area contributed by atoms with E-state index in [1.165, 1.54) is 0 Å². The predicted molar refractivity (Wildman–Crippen MR) is 83.4 cm³/mol. The van der Waals surface area contributed by atoms with Crippen molar-refractivity contribution < 1.29 is 9.47 Å². The Morgan fingerprint density at radius 1 is 1.05 bits per heavy atom. The number of hydrogen-bond donors (Lipinski definition) is 0. The van der Waals surface area contributed by atoms with Crippen LogP contribution in [-0.4, -0.2) is 14.2 Å². The normalized spacial score (nSPS) is 12.1. The summed E-state index contributed by atoms with van der Waals surface area (Å²) < 4.78 is 10.6. The summed E-state index contributed by atoms with van der Waals surface area (Å²) in [6, 6.07) is 11.7. The highest BCUT2D eigenvalue weighted by Gasteiger charge is 2.20. The van der Waals surface area contributed by atoms with Crippen molar-refractivity contribution in [2.24, 2.45) is 0 Å². The summed E-state index contributed by atoms with van der Waals surface area (Å²) in [5.74, 6) is 1.12. The van der Waals surface area contributed by atoms with Crippen LogP contribution in [0.3, 0.4) is 0 Å². The van der Waals surface area contributed by atoms with Crippen LogP contribution >= 0.6 is 23.2 Å². The van der Waals surface area contributed by atoms with Crippen molar-refractivity contribution >= 4 is 23.2 Å². The Balaban J connectivity index is 2.49. The molecule has 0 N–H and O–H groups in total. The molecule has 0 bridgehead atoms. The molecule has 0 aromatic heterocycles. The number of benzene rings is 2. The van der Waals surface area contributed by atoms with Crippen LogP contribution in [0.1, 0.15) is 22.1 Å². The molecule has 2 aromatic rings. The zero-order chi connectivity index (χ0) is 14.7. The van der Waals surface area contributed by atoms with Gasteiger partial charge < -0.3 is 9.47 Å². The zero-order valence-corrected chi connectivity index (χ0v) is 13.1. The highest BCUT2D eigenvalue weighted by molar-refractivity contribution is 6.34. The summed E-state index contributed by atoms with van der Waals surface area (Å²) in [5, 5.41) is 0.110. The Bertz CT molecular complexity index is 611. The molecule has 1 atom stereocenters. The van der Waals surface area contributed by atoms with Crippen LogP contribution in [0.15, 0.2) is 36.4 Å². The highest BCUT2D eigenvalue weighted by atomic mass is 35.5. The van der Waals surface area contributed by atoms with E-state index >= 15 is 0 Å². The maximum atomic E-state index is 6.58. The molecule has 4 heteroatoms. The van der Waals surface area contributed by atoms with E-state index in [0.29, 0.717) is 16.5 Å². The second kappa shape index (κ2) is 6.38. The van der Waals surface area contributed by atoms with E-state index in [-0.39, 0.29) is 5.38 Å². The van der Waals surface area contributed by atoms with E-state index in [2.05, 4.69) is 6.07 Å². The Morgan fingerprint density at radius 2 is 1.80 bits per heavy atom. The fourth-order valence-electron chi connectivity index (χ4n) is 2.12. The maximum Gasteiger partial charge on any atom is 0.146 e. The lowest BCUT2D eigenvalue weighted by Gasteiger charge is -2.17. The van der Waals surface area contributed by atoms with E-state index in [1.807, 2.05) is 31.2 Å². The smallest absolute Gasteiger partial charge is 0.146 e. The molecule has 2 aromatic carbocycles. The molecule has 0 aliphatic rings. The molecular weight excluding hydrogens is 295 g/mol. The van der Waals surface area contributed by atoms with Crippen molar-refractivity contribution in [2.75, 3.05) is 14.2 Å². The van der Waals surface area contributed by atoms with Gasteiger partial charge in [-0.15, -0.1) is 11.6 Å². The van der Waals surface area contributed by atoms with Crippen LogP contribution in [-0.2, 0) is 0 Å². The quantitative estimate of drug-likeness (QED) is 0.740. The molecule has 1 unspecified atom stereocenters. The first-order chi connectivity index (χ1) is 9.58. The minimum absolute atomic E-state index is 0.326. The van der Waals surface area contributed by atoms with Crippen LogP contribution in [0.5, 0.6) is 11.5 Å². The molecule has 0 fully saturated rings. The van der Waals surface area contributed by atoms with Gasteiger partial charge in [0.05, 0.1) is 19.6 Å². The van der Waals surface area contributed by atoms with Gasteiger partial charge in [0.25, 0.3) is 0 Å². The lowest BCUT2D eigenvalue weighted by atomic mass is 10.0. The van der Waals surface area contributed by atoms with Gasteiger partial charge in [-0.05, 0) is 24.6 Å². The van der Waals surface area contributed by atoms with Gasteiger partial charge in [-0.1, -0.05) is 41.4 Å². The van der Waals surface area contributed by atoms with Crippen molar-refractivity contribution in [3.63, 3.8) is 0 Å². The summed E-state index contributed by atoms with van der Waals surface area (Å²) in [7, 11) is 3.14. The number of aryl methyl sites for hydroxylation is 1. The molecule has 0 radical (unpaired) electrons. The molecule has 0 amide bonds. The maximum absolute atomic E-state index is 6.58. The molecule has 0 aliphatic carbocycles. The fourth-order valence-corrected chi connectivity index (χ4v) is 2.76. The van der Waals surface area contributed by atoms with Gasteiger partial charge in [0, 0.05) is 5.56 Å². The largest absolute Gasteiger partial charge is 0.495 e. The lowest BCUT2D eigenvalue weighted by molar-refractivity contribution is 0.392. The first-order valence-corrected chi connectivity index (χ1v) is 7.01. The molecular formula is C16H16Cl2O2. The second-order valence-corrected chi connectivity index (χ2v) is 5.30. The van der Waals surface area contributed by atoms with Crippen LogP contribution in [0.4, 0.5) is 0 Å². The minimum Gasteiger partial charge on any atom is -0.495 e. The van der Waals surface area contributed by atoms with Crippen LogP contribution in [0.25, 0.3) is 0 Å². The van der Waals surface area contributed by atoms with Gasteiger partial charge in [-0.3, -0.25) is 0 Å². The average molecular weight is 311 g/mol. The van der Waals surface area contributed by atoms with E-state index in [0.717, 1.165) is 16.7 Å². The van der Waals surface area contributed by atoms with E-state index in [4.69, 9.17) is 32.7 Å². The Labute approximate surface area is 129 Å². The second-order valence-electron chi connectivity index (χ2n) is 4.48. The fraction of sp³-hybridized carbons (Fsp3) is 0.250. The summed E-state index contributed by atoms with van der Waals surface area (Å²) >= 11 is 12.8. The summed E-state index contributed by atoms with van der Waals surface area (Å²) in [4.78, 5) is 0. The number of ether oxygens (including phenoxy) is 2. The number of alkyl halides is 1. The Kier molecular flexibility index (Phi) is 4.79. The van der Waals surface area contributed by atoms with Gasteiger partial charge in [0.2, 0.25) is 0 Å². The first kappa shape index (κ1) is 15.0. The monoisotopic (exact) mass is 310 g/mol. The summed E-state index contributed by atoms with van der Waals surface area (Å²) in [5.41, 5.74) is 2.99. The van der Waals surface area contributed by atoms with Crippen LogP contribution in [0, 0.1) is 6.92 Å². The van der Waals surface area contributed by atoms with Gasteiger partial charge >= 0.3 is 0 Å². The molecule has 0 saturated heterocycles. The molecule has 20 heavy (non-hydrogen) atoms. The van der Waals surface area contributed by atoms with E-state index < -0.39 is 0 Å². The van der Waals surface area contributed by atoms with Crippen molar-refractivity contribution in [3.05, 3.63) is 58.1 Å². The third-order valence-corrected chi connectivity index (χ3v) is 3.97. The van der Waals surface area contributed by atoms with Crippen LogP contribution < -0.4 is 9.47 Å². The standard InChI is InChI=1S/C16H16Cl2O2/c1-10-5-4-6-11(9-10)14(17)12-7-8-13(19-2)15(18)16(12)20-3/h4-9,14H,1-3H3. The third kappa shape index (κ3) is 2.87. The Morgan fingerprint density at radius 3 is 2.40 bits per heavy atom. The van der Waals surface area contributed by atoms with Crippen molar-refractivity contribution in [2.45, 2.75) is 12.3 Å². The predicted octanol–water partition coefficient (Wildman–Crippen LogP) is 4.99. The Hall–Kier alpha value is -1.38. The van der Waals surface area contributed by atoms with Crippen molar-refractivity contribution in [3.8, 4) is 11.5 Å². The van der Waals surface area contributed by atoms with Gasteiger partial charge in [0.1, 0.15) is 16.5 Å². The summed E-state index contributed by atoms with van der Waals surface area (Å²) in [6.07, 6.45) is 0. The molecule has 0 saturated carbocycles. The number of methoxy groups -OCH3 is 2. The average Bonchev–Trinajstić information content (AvgIpc) is 2.46. The first-order valence-electron chi connectivity index (χ1n) is 6.19. The highest BCUT2D eigenvalue weighted by Crippen LogP contribution is 2.43. The molecule has 0 aliphatic heterocycles. The van der Waals surface area contributed by atoms with Gasteiger partial charge in [0.15, 0.2) is 0 Å². The van der Waals surface area contributed by atoms with Crippen molar-refractivity contribution in [1.29, 1.82) is 0 Å². The zero-order valence-electron chi connectivity index (χ0n) is 11.6. The lowest BCUT2D eigenvalue weighted by Crippen LogP contribution is -2.00. The third-order valence-electron chi connectivity index (χ3n) is 3.12. The number of rotatable bonds is 4. The molecule has 106 valence electrons. The molecule has 0 heterocycles. The topological polar surface area (TPSA) is 18.5 Å². The number of hydrogen-bond acceptors (Lipinski definition) is 2. The van der Waals surface area contributed by atoms with Crippen molar-refractivity contribution in [1.82, 2.24) is 0 Å². The summed E-state index contributed by atoms with van der Waals surface area (Å²) in [6.45, 7) is 2.03. The number of halogens is 2. The van der Waals surface area contributed by atoms with E-state index in [1.54, 1.807) is 20.3 Å². The molecule has 2 nitrogen and oxygen atoms in total. The SMILES string of the molecule is COc1ccc(C(Cl)c2cccc(C)c2)c(OC)c1Cl.